The minimum atomic E-state index is 0.703. The van der Waals surface area contributed by atoms with Crippen molar-refractivity contribution in [3.05, 3.63) is 0 Å². The van der Waals surface area contributed by atoms with Crippen LogP contribution in [0.5, 0.6) is 0 Å². The van der Waals surface area contributed by atoms with Gasteiger partial charge in [0.25, 0.3) is 0 Å². The van der Waals surface area contributed by atoms with E-state index in [1.807, 2.05) is 11.8 Å². The quantitative estimate of drug-likeness (QED) is 0.772. The topological polar surface area (TPSA) is 15.3 Å². The molecule has 1 fully saturated rings. The van der Waals surface area contributed by atoms with Crippen LogP contribution in [0.15, 0.2) is 0 Å². The Morgan fingerprint density at radius 3 is 2.69 bits per heavy atom. The number of hydrogen-bond acceptors (Lipinski definition) is 3. The minimum absolute atomic E-state index is 0.703. The lowest BCUT2D eigenvalue weighted by Gasteiger charge is -2.36. The smallest absolute Gasteiger partial charge is 0.0155 e. The van der Waals surface area contributed by atoms with Crippen LogP contribution in [-0.2, 0) is 0 Å². The Morgan fingerprint density at radius 1 is 1.38 bits per heavy atom. The number of rotatable bonds is 6. The Kier molecular flexibility index (Phi) is 6.78. The van der Waals surface area contributed by atoms with Crippen LogP contribution in [0.2, 0.25) is 0 Å². The first-order chi connectivity index (χ1) is 7.69. The molecule has 0 aromatic carbocycles. The van der Waals surface area contributed by atoms with E-state index in [1.54, 1.807) is 0 Å². The summed E-state index contributed by atoms with van der Waals surface area (Å²) in [7, 11) is 4.40. The lowest BCUT2D eigenvalue weighted by Crippen LogP contribution is -2.44. The van der Waals surface area contributed by atoms with Gasteiger partial charge >= 0.3 is 0 Å². The summed E-state index contributed by atoms with van der Waals surface area (Å²) in [5, 5.41) is 3.50. The summed E-state index contributed by atoms with van der Waals surface area (Å²) >= 11 is 1.95. The van der Waals surface area contributed by atoms with Gasteiger partial charge in [-0.2, -0.15) is 11.8 Å². The predicted octanol–water partition coefficient (Wildman–Crippen LogP) is 2.45. The molecule has 0 radical (unpaired) electrons. The van der Waals surface area contributed by atoms with Crippen LogP contribution in [0.25, 0.3) is 0 Å². The van der Waals surface area contributed by atoms with Gasteiger partial charge in [0.05, 0.1) is 0 Å². The van der Waals surface area contributed by atoms with Gasteiger partial charge in [0.1, 0.15) is 0 Å². The monoisotopic (exact) mass is 244 g/mol. The molecule has 0 bridgehead atoms. The summed E-state index contributed by atoms with van der Waals surface area (Å²) in [5.41, 5.74) is 0. The van der Waals surface area contributed by atoms with E-state index >= 15 is 0 Å². The molecule has 1 aliphatic carbocycles. The normalized spacial score (nSPS) is 28.3. The van der Waals surface area contributed by atoms with Gasteiger partial charge in [-0.15, -0.1) is 0 Å². The van der Waals surface area contributed by atoms with Gasteiger partial charge < -0.3 is 10.2 Å². The molecule has 96 valence electrons. The van der Waals surface area contributed by atoms with Crippen molar-refractivity contribution in [3.63, 3.8) is 0 Å². The van der Waals surface area contributed by atoms with Gasteiger partial charge in [0.15, 0.2) is 0 Å². The van der Waals surface area contributed by atoms with Crippen LogP contribution in [0, 0.1) is 5.92 Å². The van der Waals surface area contributed by atoms with Gasteiger partial charge in [0.2, 0.25) is 0 Å². The molecule has 0 amide bonds. The molecule has 1 N–H and O–H groups in total. The fourth-order valence-corrected chi connectivity index (χ4v) is 3.46. The first-order valence-corrected chi connectivity index (χ1v) is 7.94. The summed E-state index contributed by atoms with van der Waals surface area (Å²) in [4.78, 5) is 2.54. The zero-order chi connectivity index (χ0) is 12.0. The van der Waals surface area contributed by atoms with Crippen LogP contribution in [0.4, 0.5) is 0 Å². The highest BCUT2D eigenvalue weighted by Gasteiger charge is 2.25. The second-order valence-electron chi connectivity index (χ2n) is 5.18. The summed E-state index contributed by atoms with van der Waals surface area (Å²) in [5.74, 6) is 2.10. The van der Waals surface area contributed by atoms with Gasteiger partial charge in [-0.25, -0.2) is 0 Å². The zero-order valence-corrected chi connectivity index (χ0v) is 12.1. The van der Waals surface area contributed by atoms with Crippen LogP contribution in [0.3, 0.4) is 0 Å². The third-order valence-corrected chi connectivity index (χ3v) is 4.78. The number of nitrogens with zero attached hydrogens (tertiary/aromatic N) is 1. The van der Waals surface area contributed by atoms with E-state index in [9.17, 15) is 0 Å². The van der Waals surface area contributed by atoms with Crippen LogP contribution < -0.4 is 5.32 Å². The maximum absolute atomic E-state index is 3.50. The molecule has 0 aromatic rings. The molecule has 0 heterocycles. The number of thioether (sulfide) groups is 1. The highest BCUT2D eigenvalue weighted by Crippen LogP contribution is 2.25. The van der Waals surface area contributed by atoms with E-state index in [-0.39, 0.29) is 0 Å². The van der Waals surface area contributed by atoms with Crippen LogP contribution in [0.1, 0.15) is 32.6 Å². The Hall–Kier alpha value is 0.270. The van der Waals surface area contributed by atoms with Crippen molar-refractivity contribution in [1.82, 2.24) is 10.2 Å². The van der Waals surface area contributed by atoms with Crippen molar-refractivity contribution in [1.29, 1.82) is 0 Å². The molecule has 1 rings (SSSR count). The Bertz CT molecular complexity index is 187. The van der Waals surface area contributed by atoms with Gasteiger partial charge in [-0.3, -0.25) is 0 Å². The maximum atomic E-state index is 3.50. The Balaban J connectivity index is 2.38. The molecule has 3 unspecified atom stereocenters. The minimum Gasteiger partial charge on any atom is -0.317 e. The molecule has 1 aliphatic rings. The lowest BCUT2D eigenvalue weighted by molar-refractivity contribution is 0.172. The predicted molar refractivity (Wildman–Crippen MR) is 75.3 cm³/mol. The highest BCUT2D eigenvalue weighted by molar-refractivity contribution is 7.98. The average molecular weight is 244 g/mol. The van der Waals surface area contributed by atoms with E-state index < -0.39 is 0 Å². The van der Waals surface area contributed by atoms with Crippen molar-refractivity contribution >= 4 is 11.8 Å². The number of nitrogens with one attached hydrogen (secondary N) is 1. The van der Waals surface area contributed by atoms with Crippen molar-refractivity contribution in [2.45, 2.75) is 44.7 Å². The number of hydrogen-bond donors (Lipinski definition) is 1. The summed E-state index contributed by atoms with van der Waals surface area (Å²) < 4.78 is 0. The maximum Gasteiger partial charge on any atom is 0.0155 e. The third-order valence-electron chi connectivity index (χ3n) is 3.96. The van der Waals surface area contributed by atoms with Crippen molar-refractivity contribution in [2.24, 2.45) is 5.92 Å². The van der Waals surface area contributed by atoms with Crippen molar-refractivity contribution in [2.75, 3.05) is 32.6 Å². The van der Waals surface area contributed by atoms with E-state index in [0.717, 1.165) is 12.0 Å². The molecular weight excluding hydrogens is 216 g/mol. The van der Waals surface area contributed by atoms with E-state index in [2.05, 4.69) is 37.5 Å². The molecular formula is C13H28N2S. The first kappa shape index (κ1) is 14.3. The average Bonchev–Trinajstić information content (AvgIpc) is 2.30. The molecule has 0 spiro atoms. The first-order valence-electron chi connectivity index (χ1n) is 6.55. The summed E-state index contributed by atoms with van der Waals surface area (Å²) in [6.45, 7) is 3.60. The molecule has 3 heteroatoms. The van der Waals surface area contributed by atoms with Crippen LogP contribution >= 0.6 is 11.8 Å². The molecule has 0 saturated heterocycles. The van der Waals surface area contributed by atoms with E-state index in [1.165, 1.54) is 38.0 Å². The second kappa shape index (κ2) is 7.57. The molecule has 0 aliphatic heterocycles. The Morgan fingerprint density at radius 2 is 2.06 bits per heavy atom. The highest BCUT2D eigenvalue weighted by atomic mass is 32.2. The summed E-state index contributed by atoms with van der Waals surface area (Å²) in [6, 6.07) is 1.45. The molecule has 0 aromatic heterocycles. The van der Waals surface area contributed by atoms with Gasteiger partial charge in [-0.1, -0.05) is 12.8 Å². The SMILES string of the molecule is CNC1CCCCC1CN(C)C(C)CSC. The molecule has 3 atom stereocenters. The second-order valence-corrected chi connectivity index (χ2v) is 6.09. The molecule has 16 heavy (non-hydrogen) atoms. The molecule has 2 nitrogen and oxygen atoms in total. The van der Waals surface area contributed by atoms with Gasteiger partial charge in [0, 0.05) is 24.4 Å². The molecule has 1 saturated carbocycles. The summed E-state index contributed by atoms with van der Waals surface area (Å²) in [6.07, 6.45) is 7.80. The third kappa shape index (κ3) is 4.27. The van der Waals surface area contributed by atoms with E-state index in [4.69, 9.17) is 0 Å². The fraction of sp³-hybridized carbons (Fsp3) is 1.00. The van der Waals surface area contributed by atoms with Crippen molar-refractivity contribution < 1.29 is 0 Å². The van der Waals surface area contributed by atoms with E-state index in [0.29, 0.717) is 6.04 Å². The fourth-order valence-electron chi connectivity index (χ4n) is 2.72. The van der Waals surface area contributed by atoms with Crippen molar-refractivity contribution in [3.8, 4) is 0 Å². The lowest BCUT2D eigenvalue weighted by atomic mass is 9.84. The van der Waals surface area contributed by atoms with Crippen LogP contribution in [-0.4, -0.2) is 49.6 Å². The van der Waals surface area contributed by atoms with Gasteiger partial charge in [-0.05, 0) is 46.0 Å². The Labute approximate surface area is 106 Å². The zero-order valence-electron chi connectivity index (χ0n) is 11.3. The largest absolute Gasteiger partial charge is 0.317 e. The standard InChI is InChI=1S/C13H28N2S/c1-11(10-16-4)15(3)9-12-7-5-6-8-13(12)14-2/h11-14H,5-10H2,1-4H3.